The maximum absolute atomic E-state index is 8.67. The van der Waals surface area contributed by atoms with Crippen molar-refractivity contribution in [3.8, 4) is 0 Å². The van der Waals surface area contributed by atoms with Gasteiger partial charge in [-0.15, -0.1) is 0 Å². The van der Waals surface area contributed by atoms with Gasteiger partial charge in [0.05, 0.1) is 13.2 Å². The number of hydrogen-bond acceptors (Lipinski definition) is 4. The second-order valence-corrected chi connectivity index (χ2v) is 3.63. The van der Waals surface area contributed by atoms with Crippen LogP contribution < -0.4 is 5.48 Å². The predicted molar refractivity (Wildman–Crippen MR) is 57.6 cm³/mol. The van der Waals surface area contributed by atoms with E-state index >= 15 is 0 Å². The Labute approximate surface area is 93.5 Å². The molecule has 0 spiro atoms. The molecule has 16 heavy (non-hydrogen) atoms. The minimum absolute atomic E-state index is 0.0164. The van der Waals surface area contributed by atoms with Crippen molar-refractivity contribution in [3.05, 3.63) is 34.9 Å². The molecule has 0 aliphatic carbocycles. The number of rotatable bonds is 2. The summed E-state index contributed by atoms with van der Waals surface area (Å²) in [5, 5.41) is 16.1. The molecule has 1 aliphatic rings. The molecule has 1 aliphatic heterocycles. The van der Waals surface area contributed by atoms with E-state index in [2.05, 4.69) is 0 Å². The monoisotopic (exact) mass is 222 g/mol. The van der Waals surface area contributed by atoms with E-state index in [1.54, 1.807) is 6.07 Å². The van der Waals surface area contributed by atoms with Crippen molar-refractivity contribution in [2.45, 2.75) is 13.2 Å². The molecule has 0 unspecified atom stereocenters. The molecule has 86 valence electrons. The Morgan fingerprint density at radius 3 is 2.69 bits per heavy atom. The topological polar surface area (TPSA) is 74.6 Å². The molecule has 0 aromatic heterocycles. The van der Waals surface area contributed by atoms with Crippen LogP contribution in [0.4, 0.5) is 0 Å². The lowest BCUT2D eigenvalue weighted by atomic mass is 10.0. The second-order valence-electron chi connectivity index (χ2n) is 3.63. The summed E-state index contributed by atoms with van der Waals surface area (Å²) in [6.45, 7) is 3.10. The molecule has 1 fully saturated rings. The summed E-state index contributed by atoms with van der Waals surface area (Å²) < 4.78 is 10.8. The number of benzene rings is 1. The fourth-order valence-electron chi connectivity index (χ4n) is 1.73. The van der Waals surface area contributed by atoms with Crippen LogP contribution in [0.15, 0.2) is 18.2 Å². The molecular formula is C11H14N2O3. The molecule has 3 N–H and O–H groups in total. The molecule has 1 saturated heterocycles. The highest BCUT2D eigenvalue weighted by Crippen LogP contribution is 2.24. The van der Waals surface area contributed by atoms with E-state index in [-0.39, 0.29) is 12.1 Å². The average Bonchev–Trinajstić information content (AvgIpc) is 2.81. The first kappa shape index (κ1) is 11.1. The summed E-state index contributed by atoms with van der Waals surface area (Å²) in [7, 11) is 0. The normalized spacial score (nSPS) is 16.4. The molecule has 0 radical (unpaired) electrons. The highest BCUT2D eigenvalue weighted by atomic mass is 16.7. The Bertz CT molecular complexity index is 400. The molecule has 0 amide bonds. The van der Waals surface area contributed by atoms with Crippen molar-refractivity contribution >= 4 is 5.84 Å². The van der Waals surface area contributed by atoms with E-state index in [1.165, 1.54) is 0 Å². The quantitative estimate of drug-likeness (QED) is 0.401. The third-order valence-corrected chi connectivity index (χ3v) is 2.53. The zero-order chi connectivity index (χ0) is 11.5. The van der Waals surface area contributed by atoms with Gasteiger partial charge in [-0.2, -0.15) is 0 Å². The van der Waals surface area contributed by atoms with Gasteiger partial charge in [0.25, 0.3) is 0 Å². The van der Waals surface area contributed by atoms with Crippen molar-refractivity contribution in [2.75, 3.05) is 13.2 Å². The summed E-state index contributed by atoms with van der Waals surface area (Å²) in [4.78, 5) is 0. The summed E-state index contributed by atoms with van der Waals surface area (Å²) in [6.07, 6.45) is -0.302. The Balaban J connectivity index is 2.25. The minimum Gasteiger partial charge on any atom is -0.346 e. The van der Waals surface area contributed by atoms with E-state index in [9.17, 15) is 0 Å². The predicted octanol–water partition coefficient (Wildman–Crippen LogP) is 1.34. The van der Waals surface area contributed by atoms with Crippen LogP contribution in [0.2, 0.25) is 0 Å². The van der Waals surface area contributed by atoms with Crippen molar-refractivity contribution in [2.24, 2.45) is 0 Å². The zero-order valence-electron chi connectivity index (χ0n) is 8.99. The first-order chi connectivity index (χ1) is 7.72. The Morgan fingerprint density at radius 2 is 2.12 bits per heavy atom. The van der Waals surface area contributed by atoms with Crippen LogP contribution in [0.3, 0.4) is 0 Å². The van der Waals surface area contributed by atoms with Crippen molar-refractivity contribution in [1.29, 1.82) is 5.41 Å². The minimum atomic E-state index is -0.302. The summed E-state index contributed by atoms with van der Waals surface area (Å²) in [6, 6.07) is 5.50. The largest absolute Gasteiger partial charge is 0.346 e. The lowest BCUT2D eigenvalue weighted by Gasteiger charge is -2.12. The number of ether oxygens (including phenoxy) is 2. The standard InChI is InChI=1S/C11H14N2O3/c1-7-6-8(11-15-4-5-16-11)2-3-9(7)10(12)13-14/h2-3,6,11,14H,4-5H2,1H3,(H2,12,13). The van der Waals surface area contributed by atoms with Gasteiger partial charge in [-0.1, -0.05) is 18.2 Å². The van der Waals surface area contributed by atoms with Gasteiger partial charge < -0.3 is 9.47 Å². The molecule has 1 aromatic rings. The highest BCUT2D eigenvalue weighted by molar-refractivity contribution is 5.96. The Morgan fingerprint density at radius 1 is 1.44 bits per heavy atom. The average molecular weight is 222 g/mol. The maximum atomic E-state index is 8.67. The van der Waals surface area contributed by atoms with Crippen LogP contribution in [0, 0.1) is 12.3 Å². The highest BCUT2D eigenvalue weighted by Gasteiger charge is 2.19. The van der Waals surface area contributed by atoms with Gasteiger partial charge in [0, 0.05) is 11.1 Å². The van der Waals surface area contributed by atoms with E-state index < -0.39 is 0 Å². The Kier molecular flexibility index (Phi) is 3.19. The van der Waals surface area contributed by atoms with Gasteiger partial charge in [-0.25, -0.2) is 0 Å². The third-order valence-electron chi connectivity index (χ3n) is 2.53. The Hall–Kier alpha value is -1.43. The van der Waals surface area contributed by atoms with Gasteiger partial charge in [0.2, 0.25) is 0 Å². The number of aryl methyl sites for hydroxylation is 1. The van der Waals surface area contributed by atoms with Crippen LogP contribution in [0.1, 0.15) is 23.0 Å². The van der Waals surface area contributed by atoms with Crippen molar-refractivity contribution in [3.63, 3.8) is 0 Å². The van der Waals surface area contributed by atoms with Gasteiger partial charge in [0.1, 0.15) is 5.84 Å². The van der Waals surface area contributed by atoms with Crippen LogP contribution in [0.25, 0.3) is 0 Å². The van der Waals surface area contributed by atoms with Gasteiger partial charge >= 0.3 is 0 Å². The van der Waals surface area contributed by atoms with Crippen molar-refractivity contribution < 1.29 is 14.7 Å². The maximum Gasteiger partial charge on any atom is 0.184 e. The number of hydroxylamine groups is 1. The molecule has 0 bridgehead atoms. The van der Waals surface area contributed by atoms with E-state index in [0.717, 1.165) is 11.1 Å². The lowest BCUT2D eigenvalue weighted by Crippen LogP contribution is -2.19. The van der Waals surface area contributed by atoms with Crippen LogP contribution in [-0.2, 0) is 9.47 Å². The summed E-state index contributed by atoms with van der Waals surface area (Å²) in [5.41, 5.74) is 4.32. The molecule has 5 nitrogen and oxygen atoms in total. The van der Waals surface area contributed by atoms with Gasteiger partial charge in [-0.05, 0) is 12.5 Å². The van der Waals surface area contributed by atoms with Crippen LogP contribution >= 0.6 is 0 Å². The lowest BCUT2D eigenvalue weighted by molar-refractivity contribution is -0.0441. The van der Waals surface area contributed by atoms with Gasteiger partial charge in [-0.3, -0.25) is 16.1 Å². The second kappa shape index (κ2) is 4.61. The number of hydrogen-bond donors (Lipinski definition) is 3. The molecular weight excluding hydrogens is 208 g/mol. The number of nitrogens with one attached hydrogen (secondary N) is 2. The fourth-order valence-corrected chi connectivity index (χ4v) is 1.73. The molecule has 5 heteroatoms. The molecule has 0 atom stereocenters. The fraction of sp³-hybridized carbons (Fsp3) is 0.364. The first-order valence-electron chi connectivity index (χ1n) is 5.05. The molecule has 0 saturated carbocycles. The molecule has 1 heterocycles. The van der Waals surface area contributed by atoms with Crippen LogP contribution in [0.5, 0.6) is 0 Å². The molecule has 2 rings (SSSR count). The van der Waals surface area contributed by atoms with E-state index in [1.807, 2.05) is 24.5 Å². The zero-order valence-corrected chi connectivity index (χ0v) is 8.99. The smallest absolute Gasteiger partial charge is 0.184 e. The number of amidine groups is 1. The van der Waals surface area contributed by atoms with Gasteiger partial charge in [0.15, 0.2) is 6.29 Å². The van der Waals surface area contributed by atoms with E-state index in [4.69, 9.17) is 20.1 Å². The SMILES string of the molecule is Cc1cc(C2OCCO2)ccc1C(=N)NO. The molecule has 1 aromatic carbocycles. The van der Waals surface area contributed by atoms with Crippen molar-refractivity contribution in [1.82, 2.24) is 5.48 Å². The van der Waals surface area contributed by atoms with E-state index in [0.29, 0.717) is 18.8 Å². The van der Waals surface area contributed by atoms with Crippen LogP contribution in [-0.4, -0.2) is 24.3 Å². The third kappa shape index (κ3) is 2.06. The summed E-state index contributed by atoms with van der Waals surface area (Å²) in [5.74, 6) is -0.0164. The summed E-state index contributed by atoms with van der Waals surface area (Å²) >= 11 is 0. The first-order valence-corrected chi connectivity index (χ1v) is 5.05.